The number of fused-ring (bicyclic) bond motifs is 5. The van der Waals surface area contributed by atoms with E-state index in [1.165, 1.54) is 25.7 Å². The van der Waals surface area contributed by atoms with Crippen LogP contribution in [0.5, 0.6) is 5.75 Å². The molecule has 6 atom stereocenters. The first-order valence-corrected chi connectivity index (χ1v) is 11.6. The number of unbranched alkanes of at least 4 members (excludes halogenated alkanes) is 3. The Bertz CT molecular complexity index is 750. The van der Waals surface area contributed by atoms with Gasteiger partial charge in [-0.05, 0) is 86.7 Å². The lowest BCUT2D eigenvalue weighted by atomic mass is 9.51. The number of hydrogen-bond acceptors (Lipinski definition) is 3. The Morgan fingerprint density at radius 3 is 2.83 bits per heavy atom. The summed E-state index contributed by atoms with van der Waals surface area (Å²) in [7, 11) is 1.99. The van der Waals surface area contributed by atoms with Crippen LogP contribution < -0.4 is 5.32 Å². The van der Waals surface area contributed by atoms with Crippen molar-refractivity contribution in [1.29, 1.82) is 0 Å². The maximum Gasteiger partial charge on any atom is 0.139 e. The molecule has 4 rings (SSSR count). The summed E-state index contributed by atoms with van der Waals surface area (Å²) in [5.41, 5.74) is 1.74. The third kappa shape index (κ3) is 3.73. The number of aromatic hydroxyl groups is 1. The maximum absolute atomic E-state index is 15.6. The first-order chi connectivity index (χ1) is 14.0. The average Bonchev–Trinajstić information content (AvgIpc) is 2.98. The lowest BCUT2D eigenvalue weighted by Gasteiger charge is -2.53. The predicted octanol–water partition coefficient (Wildman–Crippen LogP) is 5.16. The van der Waals surface area contributed by atoms with E-state index in [1.807, 2.05) is 26.1 Å². The normalized spacial score (nSPS) is 35.8. The SMILES string of the molecule is CNCCCCCCC1Cc2cc(O)ccc2[C@H]2C(F)C[C@]3(C)C(=O)CC[C@H]3[C@H]12. The van der Waals surface area contributed by atoms with Crippen LogP contribution in [-0.2, 0) is 11.2 Å². The van der Waals surface area contributed by atoms with E-state index in [2.05, 4.69) is 5.32 Å². The summed E-state index contributed by atoms with van der Waals surface area (Å²) >= 11 is 0. The van der Waals surface area contributed by atoms with E-state index >= 15 is 4.39 Å². The fraction of sp³-hybridized carbons (Fsp3) is 0.720. The molecule has 2 unspecified atom stereocenters. The molecule has 160 valence electrons. The molecule has 0 spiro atoms. The molecule has 1 aromatic rings. The highest BCUT2D eigenvalue weighted by molar-refractivity contribution is 5.87. The van der Waals surface area contributed by atoms with Gasteiger partial charge in [0, 0.05) is 17.8 Å². The van der Waals surface area contributed by atoms with Gasteiger partial charge >= 0.3 is 0 Å². The molecule has 3 nitrogen and oxygen atoms in total. The van der Waals surface area contributed by atoms with Gasteiger partial charge in [-0.2, -0.15) is 0 Å². The molecule has 0 bridgehead atoms. The first kappa shape index (κ1) is 20.8. The minimum atomic E-state index is -0.968. The summed E-state index contributed by atoms with van der Waals surface area (Å²) < 4.78 is 15.6. The molecule has 1 aromatic carbocycles. The standard InChI is InChI=1S/C25H36FNO2/c1-25-15-21(26)24-19-9-8-18(28)14-17(19)13-16(7-5-3-4-6-12-27-2)23(24)20(25)10-11-22(25)29/h8-9,14,16,20-21,23-24,27-28H,3-7,10-13,15H2,1-2H3/t16?,20-,21?,23-,24-,25-/m0/s1. The number of phenolic OH excluding ortho intramolecular Hbond substituents is 1. The minimum Gasteiger partial charge on any atom is -0.508 e. The molecule has 0 radical (unpaired) electrons. The highest BCUT2D eigenvalue weighted by atomic mass is 19.1. The molecule has 2 saturated carbocycles. The highest BCUT2D eigenvalue weighted by Crippen LogP contribution is 2.62. The predicted molar refractivity (Wildman–Crippen MR) is 114 cm³/mol. The molecule has 0 amide bonds. The Balaban J connectivity index is 1.59. The van der Waals surface area contributed by atoms with Gasteiger partial charge in [0.05, 0.1) is 0 Å². The maximum atomic E-state index is 15.6. The van der Waals surface area contributed by atoms with Gasteiger partial charge in [-0.1, -0.05) is 32.3 Å². The lowest BCUT2D eigenvalue weighted by molar-refractivity contribution is -0.132. The number of phenols is 1. The second-order valence-corrected chi connectivity index (χ2v) is 9.96. The van der Waals surface area contributed by atoms with Crippen molar-refractivity contribution in [2.45, 2.75) is 76.8 Å². The van der Waals surface area contributed by atoms with Gasteiger partial charge in [-0.15, -0.1) is 0 Å². The van der Waals surface area contributed by atoms with Crippen molar-refractivity contribution in [3.8, 4) is 5.75 Å². The van der Waals surface area contributed by atoms with E-state index in [1.54, 1.807) is 6.07 Å². The largest absolute Gasteiger partial charge is 0.508 e. The van der Waals surface area contributed by atoms with Crippen molar-refractivity contribution in [3.63, 3.8) is 0 Å². The summed E-state index contributed by atoms with van der Waals surface area (Å²) in [6, 6.07) is 5.51. The number of rotatable bonds is 7. The number of Topliss-reactive ketones (excluding diaryl/α,β-unsaturated/α-hetero) is 1. The van der Waals surface area contributed by atoms with Crippen molar-refractivity contribution >= 4 is 5.78 Å². The number of carbonyl (C=O) groups is 1. The molecule has 0 aliphatic heterocycles. The second kappa shape index (κ2) is 8.37. The van der Waals surface area contributed by atoms with Crippen molar-refractivity contribution in [1.82, 2.24) is 5.32 Å². The van der Waals surface area contributed by atoms with Gasteiger partial charge in [0.1, 0.15) is 17.7 Å². The van der Waals surface area contributed by atoms with Crippen LogP contribution in [0, 0.1) is 23.2 Å². The van der Waals surface area contributed by atoms with Crippen molar-refractivity contribution in [2.75, 3.05) is 13.6 Å². The van der Waals surface area contributed by atoms with Crippen LogP contribution in [0.4, 0.5) is 4.39 Å². The van der Waals surface area contributed by atoms with Gasteiger partial charge in [0.25, 0.3) is 0 Å². The zero-order chi connectivity index (χ0) is 20.6. The third-order valence-electron chi connectivity index (χ3n) is 8.29. The van der Waals surface area contributed by atoms with Crippen LogP contribution >= 0.6 is 0 Å². The zero-order valence-corrected chi connectivity index (χ0v) is 17.9. The molecule has 0 saturated heterocycles. The molecule has 3 aliphatic rings. The van der Waals surface area contributed by atoms with E-state index in [4.69, 9.17) is 0 Å². The monoisotopic (exact) mass is 401 g/mol. The fourth-order valence-corrected chi connectivity index (χ4v) is 6.90. The topological polar surface area (TPSA) is 49.3 Å². The summed E-state index contributed by atoms with van der Waals surface area (Å²) in [5, 5.41) is 13.2. The summed E-state index contributed by atoms with van der Waals surface area (Å²) in [6.45, 7) is 3.10. The summed E-state index contributed by atoms with van der Waals surface area (Å²) in [5.74, 6) is 1.42. The molecule has 2 N–H and O–H groups in total. The smallest absolute Gasteiger partial charge is 0.139 e. The highest BCUT2D eigenvalue weighted by Gasteiger charge is 2.60. The number of nitrogens with one attached hydrogen (secondary N) is 1. The second-order valence-electron chi connectivity index (χ2n) is 9.96. The minimum absolute atomic E-state index is 0.113. The van der Waals surface area contributed by atoms with Crippen LogP contribution in [0.1, 0.15) is 75.3 Å². The van der Waals surface area contributed by atoms with Gasteiger partial charge in [0.2, 0.25) is 0 Å². The fourth-order valence-electron chi connectivity index (χ4n) is 6.90. The lowest BCUT2D eigenvalue weighted by Crippen LogP contribution is -2.50. The number of benzene rings is 1. The molecule has 4 heteroatoms. The number of ketones is 1. The Morgan fingerprint density at radius 1 is 1.24 bits per heavy atom. The van der Waals surface area contributed by atoms with E-state index < -0.39 is 11.6 Å². The number of hydrogen-bond donors (Lipinski definition) is 2. The van der Waals surface area contributed by atoms with Crippen LogP contribution in [0.15, 0.2) is 18.2 Å². The first-order valence-electron chi connectivity index (χ1n) is 11.6. The van der Waals surface area contributed by atoms with Gasteiger partial charge in [-0.25, -0.2) is 4.39 Å². The molecule has 29 heavy (non-hydrogen) atoms. The van der Waals surface area contributed by atoms with Crippen LogP contribution in [-0.4, -0.2) is 30.7 Å². The van der Waals surface area contributed by atoms with E-state index in [0.717, 1.165) is 36.9 Å². The summed E-state index contributed by atoms with van der Waals surface area (Å²) in [4.78, 5) is 12.7. The molecule has 2 fully saturated rings. The number of carbonyl (C=O) groups excluding carboxylic acids is 1. The number of alkyl halides is 1. The quantitative estimate of drug-likeness (QED) is 0.620. The average molecular weight is 402 g/mol. The molecule has 3 aliphatic carbocycles. The third-order valence-corrected chi connectivity index (χ3v) is 8.29. The molecule has 0 heterocycles. The molecule has 0 aromatic heterocycles. The van der Waals surface area contributed by atoms with E-state index in [9.17, 15) is 9.90 Å². The van der Waals surface area contributed by atoms with Crippen LogP contribution in [0.2, 0.25) is 0 Å². The Kier molecular flexibility index (Phi) is 6.02. The molecular formula is C25H36FNO2. The van der Waals surface area contributed by atoms with Gasteiger partial charge < -0.3 is 10.4 Å². The van der Waals surface area contributed by atoms with E-state index in [0.29, 0.717) is 24.7 Å². The van der Waals surface area contributed by atoms with Crippen LogP contribution in [0.25, 0.3) is 0 Å². The Morgan fingerprint density at radius 2 is 2.03 bits per heavy atom. The van der Waals surface area contributed by atoms with Gasteiger partial charge in [-0.3, -0.25) is 4.79 Å². The number of halogens is 1. The van der Waals surface area contributed by atoms with Crippen LogP contribution in [0.3, 0.4) is 0 Å². The Labute approximate surface area is 174 Å². The van der Waals surface area contributed by atoms with Crippen molar-refractivity contribution < 1.29 is 14.3 Å². The van der Waals surface area contributed by atoms with Crippen molar-refractivity contribution in [2.24, 2.45) is 23.2 Å². The summed E-state index contributed by atoms with van der Waals surface area (Å²) in [6.07, 6.45) is 7.77. The zero-order valence-electron chi connectivity index (χ0n) is 17.9. The van der Waals surface area contributed by atoms with E-state index in [-0.39, 0.29) is 23.4 Å². The molecular weight excluding hydrogens is 365 g/mol. The van der Waals surface area contributed by atoms with Gasteiger partial charge in [0.15, 0.2) is 0 Å². The Hall–Kier alpha value is -1.42. The van der Waals surface area contributed by atoms with Crippen molar-refractivity contribution in [3.05, 3.63) is 29.3 Å².